The summed E-state index contributed by atoms with van der Waals surface area (Å²) in [6.45, 7) is 1.68. The second-order valence-electron chi connectivity index (χ2n) is 7.68. The Balaban J connectivity index is 1.48. The first-order valence-corrected chi connectivity index (χ1v) is 11.5. The minimum atomic E-state index is -0.503. The number of hydrogen-bond donors (Lipinski definition) is 1. The molecule has 0 spiro atoms. The van der Waals surface area contributed by atoms with E-state index in [1.165, 1.54) is 35.6 Å². The summed E-state index contributed by atoms with van der Waals surface area (Å²) in [5.74, 6) is -0.473. The van der Waals surface area contributed by atoms with Gasteiger partial charge in [-0.05, 0) is 47.5 Å². The predicted molar refractivity (Wildman–Crippen MR) is 129 cm³/mol. The molecule has 0 atom stereocenters. The van der Waals surface area contributed by atoms with Crippen molar-refractivity contribution in [2.75, 3.05) is 12.4 Å². The molecular formula is C26H23F2N3O2S. The normalized spacial score (nSPS) is 10.9. The third-order valence-electron chi connectivity index (χ3n) is 5.15. The molecule has 1 heterocycles. The number of benzene rings is 3. The molecule has 1 N–H and O–H groups in total. The monoisotopic (exact) mass is 479 g/mol. The quantitative estimate of drug-likeness (QED) is 0.326. The number of ether oxygens (including phenoxy) is 1. The lowest BCUT2D eigenvalue weighted by Crippen LogP contribution is -2.22. The summed E-state index contributed by atoms with van der Waals surface area (Å²) in [6.07, 6.45) is 0. The second-order valence-corrected chi connectivity index (χ2v) is 8.62. The summed E-state index contributed by atoms with van der Waals surface area (Å²) in [4.78, 5) is 19.2. The number of nitrogens with one attached hydrogen (secondary N) is 1. The Morgan fingerprint density at radius 3 is 2.24 bits per heavy atom. The number of aromatic nitrogens is 1. The molecule has 0 aliphatic rings. The van der Waals surface area contributed by atoms with Crippen LogP contribution in [0.15, 0.2) is 78.2 Å². The fourth-order valence-electron chi connectivity index (χ4n) is 3.43. The number of carbonyl (C=O) groups is 1. The summed E-state index contributed by atoms with van der Waals surface area (Å²) in [7, 11) is 1.62. The summed E-state index contributed by atoms with van der Waals surface area (Å²) >= 11 is 1.36. The van der Waals surface area contributed by atoms with Crippen LogP contribution in [0, 0.1) is 11.6 Å². The molecule has 0 aliphatic heterocycles. The topological polar surface area (TPSA) is 54.5 Å². The van der Waals surface area contributed by atoms with Crippen LogP contribution in [-0.4, -0.2) is 22.9 Å². The van der Waals surface area contributed by atoms with E-state index < -0.39 is 11.7 Å². The number of nitrogens with zero attached hydrogens (tertiary/aromatic N) is 2. The van der Waals surface area contributed by atoms with Crippen molar-refractivity contribution in [1.82, 2.24) is 9.88 Å². The van der Waals surface area contributed by atoms with Gasteiger partial charge in [0.1, 0.15) is 28.1 Å². The van der Waals surface area contributed by atoms with Crippen LogP contribution in [0.2, 0.25) is 0 Å². The molecular weight excluding hydrogens is 456 g/mol. The highest BCUT2D eigenvalue weighted by Crippen LogP contribution is 2.20. The first-order valence-electron chi connectivity index (χ1n) is 10.6. The van der Waals surface area contributed by atoms with E-state index in [0.717, 1.165) is 21.9 Å². The molecule has 5 nitrogen and oxygen atoms in total. The molecule has 4 rings (SSSR count). The molecule has 0 saturated heterocycles. The Morgan fingerprint density at radius 2 is 1.59 bits per heavy atom. The van der Waals surface area contributed by atoms with Crippen LogP contribution in [0.3, 0.4) is 0 Å². The van der Waals surface area contributed by atoms with Crippen LogP contribution in [0.25, 0.3) is 0 Å². The minimum Gasteiger partial charge on any atom is -0.497 e. The summed E-state index contributed by atoms with van der Waals surface area (Å²) < 4.78 is 32.4. The van der Waals surface area contributed by atoms with E-state index in [0.29, 0.717) is 19.6 Å². The number of rotatable bonds is 9. The standard InChI is InChI=1S/C26H23F2N3O2S/c1-33-21-12-8-19(9-13-21)15-31(14-18-6-10-20(27)11-7-18)16-25-29-24(17-34-25)26(32)30-23-5-3-2-4-22(23)28/h2-13,17H,14-16H2,1H3,(H,30,32). The van der Waals surface area contributed by atoms with Gasteiger partial charge in [0.2, 0.25) is 0 Å². The average molecular weight is 480 g/mol. The third-order valence-corrected chi connectivity index (χ3v) is 5.98. The molecule has 34 heavy (non-hydrogen) atoms. The molecule has 4 aromatic rings. The smallest absolute Gasteiger partial charge is 0.275 e. The molecule has 174 valence electrons. The van der Waals surface area contributed by atoms with Crippen LogP contribution in [0.4, 0.5) is 14.5 Å². The maximum Gasteiger partial charge on any atom is 0.275 e. The molecule has 0 fully saturated rings. The number of thiazole rings is 1. The maximum atomic E-state index is 13.9. The van der Waals surface area contributed by atoms with Crippen molar-refractivity contribution in [3.63, 3.8) is 0 Å². The molecule has 3 aromatic carbocycles. The van der Waals surface area contributed by atoms with E-state index in [2.05, 4.69) is 15.2 Å². The van der Waals surface area contributed by atoms with Gasteiger partial charge in [0, 0.05) is 18.5 Å². The molecule has 0 bridgehead atoms. The number of amides is 1. The Morgan fingerprint density at radius 1 is 0.941 bits per heavy atom. The van der Waals surface area contributed by atoms with E-state index in [-0.39, 0.29) is 17.2 Å². The lowest BCUT2D eigenvalue weighted by atomic mass is 10.1. The summed E-state index contributed by atoms with van der Waals surface area (Å²) in [6, 6.07) is 20.2. The van der Waals surface area contributed by atoms with Crippen molar-refractivity contribution in [2.24, 2.45) is 0 Å². The van der Waals surface area contributed by atoms with E-state index in [1.54, 1.807) is 36.8 Å². The van der Waals surface area contributed by atoms with Gasteiger partial charge in [-0.15, -0.1) is 11.3 Å². The molecule has 0 unspecified atom stereocenters. The zero-order valence-electron chi connectivity index (χ0n) is 18.5. The number of carbonyl (C=O) groups excluding carboxylic acids is 1. The van der Waals surface area contributed by atoms with Crippen molar-refractivity contribution < 1.29 is 18.3 Å². The molecule has 0 saturated carbocycles. The van der Waals surface area contributed by atoms with Gasteiger partial charge >= 0.3 is 0 Å². The predicted octanol–water partition coefficient (Wildman–Crippen LogP) is 5.88. The second kappa shape index (κ2) is 11.0. The fourth-order valence-corrected chi connectivity index (χ4v) is 4.25. The zero-order valence-corrected chi connectivity index (χ0v) is 19.3. The molecule has 0 aliphatic carbocycles. The molecule has 8 heteroatoms. The van der Waals surface area contributed by atoms with Gasteiger partial charge in [-0.25, -0.2) is 13.8 Å². The third kappa shape index (κ3) is 6.24. The highest BCUT2D eigenvalue weighted by molar-refractivity contribution is 7.09. The number of halogens is 2. The first-order chi connectivity index (χ1) is 16.5. The number of methoxy groups -OCH3 is 1. The Labute approximate surface area is 200 Å². The van der Waals surface area contributed by atoms with Crippen molar-refractivity contribution in [1.29, 1.82) is 0 Å². The lowest BCUT2D eigenvalue weighted by molar-refractivity contribution is 0.102. The van der Waals surface area contributed by atoms with Crippen molar-refractivity contribution in [3.05, 3.63) is 112 Å². The van der Waals surface area contributed by atoms with Gasteiger partial charge in [-0.3, -0.25) is 9.69 Å². The van der Waals surface area contributed by atoms with Crippen molar-refractivity contribution in [3.8, 4) is 5.75 Å². The molecule has 1 amide bonds. The number of hydrogen-bond acceptors (Lipinski definition) is 5. The average Bonchev–Trinajstić information content (AvgIpc) is 3.31. The Bertz CT molecular complexity index is 1240. The molecule has 0 radical (unpaired) electrons. The van der Waals surface area contributed by atoms with E-state index in [9.17, 15) is 13.6 Å². The Hall–Kier alpha value is -3.62. The number of para-hydroxylation sites is 1. The highest BCUT2D eigenvalue weighted by Gasteiger charge is 2.16. The van der Waals surface area contributed by atoms with Crippen molar-refractivity contribution >= 4 is 22.9 Å². The molecule has 1 aromatic heterocycles. The van der Waals surface area contributed by atoms with Crippen molar-refractivity contribution in [2.45, 2.75) is 19.6 Å². The van der Waals surface area contributed by atoms with Gasteiger partial charge in [-0.2, -0.15) is 0 Å². The summed E-state index contributed by atoms with van der Waals surface area (Å²) in [5, 5.41) is 4.96. The van der Waals surface area contributed by atoms with Crippen LogP contribution < -0.4 is 10.1 Å². The van der Waals surface area contributed by atoms with Crippen LogP contribution in [0.5, 0.6) is 5.75 Å². The Kier molecular flexibility index (Phi) is 7.61. The fraction of sp³-hybridized carbons (Fsp3) is 0.154. The highest BCUT2D eigenvalue weighted by atomic mass is 32.1. The van der Waals surface area contributed by atoms with Crippen LogP contribution in [0.1, 0.15) is 26.6 Å². The van der Waals surface area contributed by atoms with Gasteiger partial charge in [-0.1, -0.05) is 36.4 Å². The zero-order chi connectivity index (χ0) is 23.9. The summed E-state index contributed by atoms with van der Waals surface area (Å²) in [5.41, 5.74) is 2.38. The lowest BCUT2D eigenvalue weighted by Gasteiger charge is -2.21. The number of anilines is 1. The maximum absolute atomic E-state index is 13.9. The van der Waals surface area contributed by atoms with Gasteiger partial charge < -0.3 is 10.1 Å². The van der Waals surface area contributed by atoms with Gasteiger partial charge in [0.25, 0.3) is 5.91 Å². The minimum absolute atomic E-state index is 0.111. The van der Waals surface area contributed by atoms with E-state index in [4.69, 9.17) is 4.74 Å². The first kappa shape index (κ1) is 23.5. The van der Waals surface area contributed by atoms with Crippen LogP contribution >= 0.6 is 11.3 Å². The largest absolute Gasteiger partial charge is 0.497 e. The van der Waals surface area contributed by atoms with Crippen LogP contribution in [-0.2, 0) is 19.6 Å². The van der Waals surface area contributed by atoms with Gasteiger partial charge in [0.05, 0.1) is 19.3 Å². The SMILES string of the molecule is COc1ccc(CN(Cc2ccc(F)cc2)Cc2nc(C(=O)Nc3ccccc3F)cs2)cc1. The van der Waals surface area contributed by atoms with E-state index >= 15 is 0 Å². The van der Waals surface area contributed by atoms with Gasteiger partial charge in [0.15, 0.2) is 0 Å². The van der Waals surface area contributed by atoms with E-state index in [1.807, 2.05) is 24.3 Å².